The van der Waals surface area contributed by atoms with E-state index < -0.39 is 0 Å². The van der Waals surface area contributed by atoms with Gasteiger partial charge in [0.15, 0.2) is 0 Å². The molecule has 0 aliphatic rings. The van der Waals surface area contributed by atoms with Crippen LogP contribution in [0, 0.1) is 5.41 Å². The molecule has 0 bridgehead atoms. The highest BCUT2D eigenvalue weighted by atomic mass is 16.2. The molecule has 2 aromatic heterocycles. The Morgan fingerprint density at radius 2 is 1.61 bits per heavy atom. The van der Waals surface area contributed by atoms with Gasteiger partial charge in [0, 0.05) is 31.0 Å². The van der Waals surface area contributed by atoms with Gasteiger partial charge in [-0.2, -0.15) is 0 Å². The third-order valence-corrected chi connectivity index (χ3v) is 6.19. The van der Waals surface area contributed by atoms with Crippen molar-refractivity contribution in [2.75, 3.05) is 13.1 Å². The first-order valence-electron chi connectivity index (χ1n) is 12.5. The predicted molar refractivity (Wildman–Crippen MR) is 144 cm³/mol. The Balaban J connectivity index is 1.86. The molecule has 0 saturated carbocycles. The van der Waals surface area contributed by atoms with Gasteiger partial charge in [0.25, 0.3) is 5.91 Å². The van der Waals surface area contributed by atoms with Crippen LogP contribution < -0.4 is 5.73 Å². The number of aromatic nitrogens is 3. The summed E-state index contributed by atoms with van der Waals surface area (Å²) in [6.07, 6.45) is 4.54. The SMILES string of the molecule is CC(C)(C)C(c1nc(-c2ccccn2)cn1Cc1ccccc1)N(CCCN)C(=O)c1ccccc1. The molecule has 1 unspecified atom stereocenters. The van der Waals surface area contributed by atoms with Crippen molar-refractivity contribution in [3.05, 3.63) is 108 Å². The second kappa shape index (κ2) is 11.3. The van der Waals surface area contributed by atoms with E-state index in [4.69, 9.17) is 10.7 Å². The minimum absolute atomic E-state index is 0.0161. The third-order valence-electron chi connectivity index (χ3n) is 6.19. The number of nitrogens with two attached hydrogens (primary N) is 1. The lowest BCUT2D eigenvalue weighted by Gasteiger charge is -2.40. The number of carbonyl (C=O) groups is 1. The standard InChI is InChI=1S/C30H35N5O/c1-30(2,3)27(35(20-12-18-31)29(36)24-15-8-5-9-16-24)28-33-26(25-17-10-11-19-32-25)22-34(28)21-23-13-6-4-7-14-23/h4-11,13-17,19,22,27H,12,18,20-21,31H2,1-3H3. The average molecular weight is 482 g/mol. The van der Waals surface area contributed by atoms with E-state index in [0.29, 0.717) is 31.6 Å². The highest BCUT2D eigenvalue weighted by molar-refractivity contribution is 5.94. The lowest BCUT2D eigenvalue weighted by atomic mass is 9.84. The number of hydrogen-bond donors (Lipinski definition) is 1. The summed E-state index contributed by atoms with van der Waals surface area (Å²) in [6, 6.07) is 25.3. The van der Waals surface area contributed by atoms with Gasteiger partial charge in [0.05, 0.1) is 11.7 Å². The van der Waals surface area contributed by atoms with Crippen molar-refractivity contribution in [2.45, 2.75) is 39.8 Å². The maximum absolute atomic E-state index is 13.9. The van der Waals surface area contributed by atoms with Crippen molar-refractivity contribution in [1.82, 2.24) is 19.4 Å². The van der Waals surface area contributed by atoms with Crippen molar-refractivity contribution in [3.63, 3.8) is 0 Å². The summed E-state index contributed by atoms with van der Waals surface area (Å²) < 4.78 is 2.17. The van der Waals surface area contributed by atoms with E-state index in [2.05, 4.69) is 48.7 Å². The van der Waals surface area contributed by atoms with Gasteiger partial charge in [-0.25, -0.2) is 4.98 Å². The molecule has 2 aromatic carbocycles. The van der Waals surface area contributed by atoms with Crippen LogP contribution in [-0.4, -0.2) is 38.4 Å². The second-order valence-corrected chi connectivity index (χ2v) is 10.1. The first-order valence-corrected chi connectivity index (χ1v) is 12.5. The van der Waals surface area contributed by atoms with Crippen LogP contribution in [0.1, 0.15) is 55.0 Å². The molecule has 2 N–H and O–H groups in total. The number of benzene rings is 2. The molecule has 4 aromatic rings. The van der Waals surface area contributed by atoms with E-state index in [-0.39, 0.29) is 17.4 Å². The lowest BCUT2D eigenvalue weighted by Crippen LogP contribution is -2.43. The Bertz CT molecular complexity index is 1250. The van der Waals surface area contributed by atoms with Crippen molar-refractivity contribution in [2.24, 2.45) is 11.1 Å². The van der Waals surface area contributed by atoms with E-state index >= 15 is 0 Å². The summed E-state index contributed by atoms with van der Waals surface area (Å²) in [4.78, 5) is 25.5. The molecule has 6 nitrogen and oxygen atoms in total. The first-order chi connectivity index (χ1) is 17.4. The Morgan fingerprint density at radius 1 is 0.944 bits per heavy atom. The monoisotopic (exact) mass is 481 g/mol. The van der Waals surface area contributed by atoms with Gasteiger partial charge < -0.3 is 15.2 Å². The zero-order valence-electron chi connectivity index (χ0n) is 21.3. The van der Waals surface area contributed by atoms with Gasteiger partial charge in [0.2, 0.25) is 0 Å². The van der Waals surface area contributed by atoms with Crippen LogP contribution >= 0.6 is 0 Å². The maximum atomic E-state index is 13.9. The van der Waals surface area contributed by atoms with Crippen molar-refractivity contribution in [1.29, 1.82) is 0 Å². The molecular formula is C30H35N5O. The smallest absolute Gasteiger partial charge is 0.254 e. The lowest BCUT2D eigenvalue weighted by molar-refractivity contribution is 0.0482. The molecule has 0 aliphatic heterocycles. The quantitative estimate of drug-likeness (QED) is 0.339. The molecule has 1 atom stereocenters. The molecule has 1 amide bonds. The van der Waals surface area contributed by atoms with Crippen molar-refractivity contribution >= 4 is 5.91 Å². The zero-order chi connectivity index (χ0) is 25.5. The number of hydrogen-bond acceptors (Lipinski definition) is 4. The van der Waals surface area contributed by atoms with Gasteiger partial charge in [0.1, 0.15) is 11.5 Å². The highest BCUT2D eigenvalue weighted by Crippen LogP contribution is 2.39. The number of nitrogens with zero attached hydrogens (tertiary/aromatic N) is 4. The van der Waals surface area contributed by atoms with Gasteiger partial charge >= 0.3 is 0 Å². The Hall–Kier alpha value is -3.77. The van der Waals surface area contributed by atoms with E-state index in [1.54, 1.807) is 6.20 Å². The van der Waals surface area contributed by atoms with Crippen LogP contribution in [0.2, 0.25) is 0 Å². The maximum Gasteiger partial charge on any atom is 0.254 e. The summed E-state index contributed by atoms with van der Waals surface area (Å²) in [5, 5.41) is 0. The number of pyridine rings is 1. The van der Waals surface area contributed by atoms with Crippen LogP contribution in [0.4, 0.5) is 0 Å². The predicted octanol–water partition coefficient (Wildman–Crippen LogP) is 5.57. The van der Waals surface area contributed by atoms with E-state index in [9.17, 15) is 4.79 Å². The Kier molecular flexibility index (Phi) is 7.96. The van der Waals surface area contributed by atoms with Gasteiger partial charge in [-0.15, -0.1) is 0 Å². The summed E-state index contributed by atoms with van der Waals surface area (Å²) in [5.74, 6) is 0.825. The number of carbonyl (C=O) groups excluding carboxylic acids is 1. The van der Waals surface area contributed by atoms with Crippen LogP contribution in [0.15, 0.2) is 91.3 Å². The number of imidazole rings is 1. The first kappa shape index (κ1) is 25.3. The minimum Gasteiger partial charge on any atom is -0.330 e. The second-order valence-electron chi connectivity index (χ2n) is 10.1. The van der Waals surface area contributed by atoms with Crippen LogP contribution in [-0.2, 0) is 6.54 Å². The number of rotatable bonds is 9. The summed E-state index contributed by atoms with van der Waals surface area (Å²) in [7, 11) is 0. The average Bonchev–Trinajstić information content (AvgIpc) is 3.29. The van der Waals surface area contributed by atoms with E-state index in [0.717, 1.165) is 17.2 Å². The van der Waals surface area contributed by atoms with Crippen LogP contribution in [0.3, 0.4) is 0 Å². The summed E-state index contributed by atoms with van der Waals surface area (Å²) in [5.41, 5.74) is 9.04. The van der Waals surface area contributed by atoms with Gasteiger partial charge in [-0.1, -0.05) is 75.4 Å². The molecule has 0 spiro atoms. The highest BCUT2D eigenvalue weighted by Gasteiger charge is 2.38. The topological polar surface area (TPSA) is 77.0 Å². The molecular weight excluding hydrogens is 446 g/mol. The minimum atomic E-state index is -0.291. The molecule has 186 valence electrons. The van der Waals surface area contributed by atoms with Gasteiger partial charge in [-0.3, -0.25) is 9.78 Å². The Labute approximate surface area is 213 Å². The van der Waals surface area contributed by atoms with E-state index in [1.807, 2.05) is 71.6 Å². The van der Waals surface area contributed by atoms with Gasteiger partial charge in [-0.05, 0) is 48.2 Å². The molecule has 0 aliphatic carbocycles. The van der Waals surface area contributed by atoms with Crippen LogP contribution in [0.25, 0.3) is 11.4 Å². The molecule has 0 saturated heterocycles. The number of amides is 1. The molecule has 36 heavy (non-hydrogen) atoms. The Morgan fingerprint density at radius 3 is 2.22 bits per heavy atom. The molecule has 6 heteroatoms. The van der Waals surface area contributed by atoms with Crippen LogP contribution in [0.5, 0.6) is 0 Å². The summed E-state index contributed by atoms with van der Waals surface area (Å²) in [6.45, 7) is 8.18. The largest absolute Gasteiger partial charge is 0.330 e. The molecule has 0 radical (unpaired) electrons. The fourth-order valence-corrected chi connectivity index (χ4v) is 4.54. The third kappa shape index (κ3) is 5.89. The normalized spacial score (nSPS) is 12.3. The van der Waals surface area contributed by atoms with E-state index in [1.165, 1.54) is 5.56 Å². The summed E-state index contributed by atoms with van der Waals surface area (Å²) >= 11 is 0. The zero-order valence-corrected chi connectivity index (χ0v) is 21.3. The van der Waals surface area contributed by atoms with Crippen molar-refractivity contribution < 1.29 is 4.79 Å². The van der Waals surface area contributed by atoms with Crippen molar-refractivity contribution in [3.8, 4) is 11.4 Å². The fourth-order valence-electron chi connectivity index (χ4n) is 4.54. The molecule has 0 fully saturated rings. The molecule has 2 heterocycles. The molecule has 4 rings (SSSR count). The fraction of sp³-hybridized carbons (Fsp3) is 0.300.